The zero-order valence-corrected chi connectivity index (χ0v) is 13.2. The zero-order valence-electron chi connectivity index (χ0n) is 13.2. The van der Waals surface area contributed by atoms with E-state index in [1.807, 2.05) is 18.2 Å². The fraction of sp³-hybridized carbons (Fsp3) is 0.368. The zero-order chi connectivity index (χ0) is 16.7. The topological polar surface area (TPSA) is 70.8 Å². The highest BCUT2D eigenvalue weighted by atomic mass is 16.4. The van der Waals surface area contributed by atoms with Crippen LogP contribution in [0.25, 0.3) is 11.1 Å². The maximum Gasteiger partial charge on any atom is 0.326 e. The highest BCUT2D eigenvalue weighted by Crippen LogP contribution is 2.42. The van der Waals surface area contributed by atoms with Crippen molar-refractivity contribution in [3.8, 4) is 11.1 Å². The van der Waals surface area contributed by atoms with E-state index in [2.05, 4.69) is 0 Å². The van der Waals surface area contributed by atoms with Gasteiger partial charge in [0.25, 0.3) is 5.91 Å². The maximum atomic E-state index is 13.0. The van der Waals surface area contributed by atoms with E-state index >= 15 is 0 Å². The van der Waals surface area contributed by atoms with Crippen molar-refractivity contribution < 1.29 is 19.1 Å². The Bertz CT molecular complexity index is 767. The molecule has 124 valence electrons. The molecule has 1 saturated carbocycles. The first-order valence-electron chi connectivity index (χ1n) is 8.31. The summed E-state index contributed by atoms with van der Waals surface area (Å²) in [7, 11) is 0. The Kier molecular flexibility index (Phi) is 3.63. The highest BCUT2D eigenvalue weighted by molar-refractivity contribution is 5.98. The quantitative estimate of drug-likeness (QED) is 0.940. The number of benzene rings is 1. The van der Waals surface area contributed by atoms with Gasteiger partial charge in [0.15, 0.2) is 0 Å². The molecule has 4 rings (SSSR count). The molecule has 5 nitrogen and oxygen atoms in total. The summed E-state index contributed by atoms with van der Waals surface area (Å²) in [6.45, 7) is 0.552. The van der Waals surface area contributed by atoms with Crippen LogP contribution in [0.3, 0.4) is 0 Å². The van der Waals surface area contributed by atoms with Crippen molar-refractivity contribution in [1.29, 1.82) is 0 Å². The van der Waals surface area contributed by atoms with Gasteiger partial charge in [0, 0.05) is 17.7 Å². The molecule has 1 N–H and O–H groups in total. The molecule has 5 heteroatoms. The number of hydrogen-bond donors (Lipinski definition) is 1. The highest BCUT2D eigenvalue weighted by Gasteiger charge is 2.49. The summed E-state index contributed by atoms with van der Waals surface area (Å²) < 4.78 is 5.09. The first-order chi connectivity index (χ1) is 11.6. The third-order valence-corrected chi connectivity index (χ3v) is 5.37. The Morgan fingerprint density at radius 1 is 1.17 bits per heavy atom. The van der Waals surface area contributed by atoms with E-state index in [1.54, 1.807) is 29.6 Å². The van der Waals surface area contributed by atoms with Crippen LogP contribution in [0.5, 0.6) is 0 Å². The lowest BCUT2D eigenvalue weighted by atomic mass is 9.94. The summed E-state index contributed by atoms with van der Waals surface area (Å²) in [5.41, 5.74) is 2.32. The van der Waals surface area contributed by atoms with Crippen LogP contribution in [0.4, 0.5) is 0 Å². The third-order valence-electron chi connectivity index (χ3n) is 5.37. The molecule has 1 amide bonds. The van der Waals surface area contributed by atoms with Crippen LogP contribution in [0.15, 0.2) is 47.3 Å². The van der Waals surface area contributed by atoms with Crippen molar-refractivity contribution in [3.05, 3.63) is 48.4 Å². The average molecular weight is 325 g/mol. The van der Waals surface area contributed by atoms with E-state index in [4.69, 9.17) is 4.42 Å². The molecular formula is C19H19NO4. The Morgan fingerprint density at radius 2 is 2.04 bits per heavy atom. The second-order valence-corrected chi connectivity index (χ2v) is 6.69. The van der Waals surface area contributed by atoms with E-state index in [9.17, 15) is 14.7 Å². The summed E-state index contributed by atoms with van der Waals surface area (Å²) in [6, 6.07) is 8.43. The second-order valence-electron chi connectivity index (χ2n) is 6.69. The van der Waals surface area contributed by atoms with Gasteiger partial charge in [-0.3, -0.25) is 4.79 Å². The van der Waals surface area contributed by atoms with Crippen LogP contribution in [0.1, 0.15) is 29.6 Å². The molecule has 0 bridgehead atoms. The Balaban J connectivity index is 1.64. The molecule has 1 aromatic heterocycles. The maximum absolute atomic E-state index is 13.0. The number of carbonyl (C=O) groups excluding carboxylic acids is 1. The molecule has 2 aliphatic rings. The van der Waals surface area contributed by atoms with Gasteiger partial charge in [-0.2, -0.15) is 0 Å². The first-order valence-corrected chi connectivity index (χ1v) is 8.31. The summed E-state index contributed by atoms with van der Waals surface area (Å²) in [5, 5.41) is 9.63. The minimum Gasteiger partial charge on any atom is -0.480 e. The number of aliphatic carboxylic acids is 1. The van der Waals surface area contributed by atoms with Crippen molar-refractivity contribution in [2.45, 2.75) is 25.3 Å². The number of carbonyl (C=O) groups is 2. The average Bonchev–Trinajstić information content (AvgIpc) is 3.30. The lowest BCUT2D eigenvalue weighted by molar-refractivity contribution is -0.142. The smallest absolute Gasteiger partial charge is 0.326 e. The normalized spacial score (nSPS) is 25.7. The van der Waals surface area contributed by atoms with Crippen molar-refractivity contribution in [3.63, 3.8) is 0 Å². The molecule has 1 aliphatic heterocycles. The van der Waals surface area contributed by atoms with Gasteiger partial charge in [0.1, 0.15) is 6.04 Å². The van der Waals surface area contributed by atoms with E-state index in [0.717, 1.165) is 30.4 Å². The molecule has 1 aliphatic carbocycles. The Morgan fingerprint density at radius 3 is 2.79 bits per heavy atom. The van der Waals surface area contributed by atoms with Crippen molar-refractivity contribution in [2.75, 3.05) is 6.54 Å². The summed E-state index contributed by atoms with van der Waals surface area (Å²) in [5.74, 6) is -0.651. The van der Waals surface area contributed by atoms with Gasteiger partial charge < -0.3 is 14.4 Å². The summed E-state index contributed by atoms with van der Waals surface area (Å²) in [6.07, 6.45) is 6.21. The standard InChI is InChI=1S/C19H19NO4/c21-18(13-4-1-3-12(9-13)15-7-8-24-11-15)20-10-14-5-2-6-16(14)17(20)19(22)23/h1,3-4,7-9,11,14,16-17H,2,5-6,10H2,(H,22,23). The van der Waals surface area contributed by atoms with Crippen LogP contribution in [0.2, 0.25) is 0 Å². The molecule has 0 spiro atoms. The second kappa shape index (κ2) is 5.82. The molecule has 2 aromatic rings. The van der Waals surface area contributed by atoms with Crippen LogP contribution in [-0.2, 0) is 4.79 Å². The molecular weight excluding hydrogens is 306 g/mol. The van der Waals surface area contributed by atoms with Gasteiger partial charge in [-0.1, -0.05) is 18.6 Å². The molecule has 3 atom stereocenters. The number of hydrogen-bond acceptors (Lipinski definition) is 3. The Hall–Kier alpha value is -2.56. The van der Waals surface area contributed by atoms with E-state index in [0.29, 0.717) is 18.0 Å². The monoisotopic (exact) mass is 325 g/mol. The van der Waals surface area contributed by atoms with Gasteiger partial charge in [-0.15, -0.1) is 0 Å². The van der Waals surface area contributed by atoms with Crippen molar-refractivity contribution >= 4 is 11.9 Å². The Labute approximate surface area is 139 Å². The lowest BCUT2D eigenvalue weighted by Gasteiger charge is -2.24. The summed E-state index contributed by atoms with van der Waals surface area (Å²) >= 11 is 0. The number of fused-ring (bicyclic) bond motifs is 1. The number of likely N-dealkylation sites (tertiary alicyclic amines) is 1. The fourth-order valence-corrected chi connectivity index (χ4v) is 4.26. The van der Waals surface area contributed by atoms with Crippen LogP contribution < -0.4 is 0 Å². The van der Waals surface area contributed by atoms with E-state index in [1.165, 1.54) is 0 Å². The van der Waals surface area contributed by atoms with Crippen molar-refractivity contribution in [2.24, 2.45) is 11.8 Å². The molecule has 1 saturated heterocycles. The number of carboxylic acids is 1. The van der Waals surface area contributed by atoms with Gasteiger partial charge in [-0.25, -0.2) is 4.79 Å². The summed E-state index contributed by atoms with van der Waals surface area (Å²) in [4.78, 5) is 26.3. The van der Waals surface area contributed by atoms with Crippen LogP contribution in [0, 0.1) is 11.8 Å². The first kappa shape index (κ1) is 15.0. The lowest BCUT2D eigenvalue weighted by Crippen LogP contribution is -2.43. The SMILES string of the molecule is O=C(O)C1C2CCCC2CN1C(=O)c1cccc(-c2ccoc2)c1. The number of carboxylic acid groups (broad SMARTS) is 1. The predicted octanol–water partition coefficient (Wildman–Crippen LogP) is 3.27. The van der Waals surface area contributed by atoms with E-state index < -0.39 is 12.0 Å². The van der Waals surface area contributed by atoms with E-state index in [-0.39, 0.29) is 11.8 Å². The molecule has 2 fully saturated rings. The van der Waals surface area contributed by atoms with Gasteiger partial charge in [-0.05, 0) is 48.4 Å². The molecule has 24 heavy (non-hydrogen) atoms. The minimum absolute atomic E-state index is 0.100. The van der Waals surface area contributed by atoms with Crippen LogP contribution in [-0.4, -0.2) is 34.5 Å². The number of amides is 1. The van der Waals surface area contributed by atoms with Crippen LogP contribution >= 0.6 is 0 Å². The van der Waals surface area contributed by atoms with Gasteiger partial charge in [0.05, 0.1) is 12.5 Å². The predicted molar refractivity (Wildman–Crippen MR) is 87.4 cm³/mol. The molecule has 0 radical (unpaired) electrons. The molecule has 1 aromatic carbocycles. The number of rotatable bonds is 3. The van der Waals surface area contributed by atoms with Gasteiger partial charge in [0.2, 0.25) is 0 Å². The molecule has 3 unspecified atom stereocenters. The number of nitrogens with zero attached hydrogens (tertiary/aromatic N) is 1. The largest absolute Gasteiger partial charge is 0.480 e. The third kappa shape index (κ3) is 2.40. The fourth-order valence-electron chi connectivity index (χ4n) is 4.26. The van der Waals surface area contributed by atoms with Crippen molar-refractivity contribution in [1.82, 2.24) is 4.90 Å². The number of furan rings is 1. The minimum atomic E-state index is -0.885. The van der Waals surface area contributed by atoms with Gasteiger partial charge >= 0.3 is 5.97 Å². The molecule has 2 heterocycles.